The van der Waals surface area contributed by atoms with Crippen molar-refractivity contribution in [2.75, 3.05) is 26.9 Å². The smallest absolute Gasteiger partial charge is 0.308 e. The number of aliphatic hydroxyl groups is 1. The molecule has 1 N–H and O–H groups in total. The molecule has 1 saturated heterocycles. The van der Waals surface area contributed by atoms with E-state index in [9.17, 15) is 14.7 Å². The summed E-state index contributed by atoms with van der Waals surface area (Å²) < 4.78 is 33.8. The lowest BCUT2D eigenvalue weighted by Gasteiger charge is -2.43. The summed E-state index contributed by atoms with van der Waals surface area (Å²) in [5.41, 5.74) is -1.83. The van der Waals surface area contributed by atoms with Crippen LogP contribution in [0.25, 0.3) is 0 Å². The van der Waals surface area contributed by atoms with Gasteiger partial charge in [-0.2, -0.15) is 0 Å². The SMILES string of the molecule is CCOC(=O)C[C@@H](c1ccc(Cl)cc1)N1C(=O)c2cc(C(O)(CC)C3CCOCC3)cc(F)c2[C@]1(OC)c1ccc(Cl)cc1. The summed E-state index contributed by atoms with van der Waals surface area (Å²) in [6, 6.07) is 15.3. The Hall–Kier alpha value is -3.01. The van der Waals surface area contributed by atoms with Crippen molar-refractivity contribution in [2.24, 2.45) is 5.92 Å². The van der Waals surface area contributed by atoms with E-state index in [0.29, 0.717) is 59.2 Å². The highest BCUT2D eigenvalue weighted by atomic mass is 35.5. The molecule has 3 atom stereocenters. The first-order valence-corrected chi connectivity index (χ1v) is 15.6. The number of carbonyl (C=O) groups is 2. The summed E-state index contributed by atoms with van der Waals surface area (Å²) in [6.45, 7) is 4.67. The average Bonchev–Trinajstić information content (AvgIpc) is 3.29. The summed E-state index contributed by atoms with van der Waals surface area (Å²) >= 11 is 12.4. The second-order valence-electron chi connectivity index (χ2n) is 11.2. The molecule has 2 aliphatic rings. The standard InChI is InChI=1S/C34H36Cl2FNO6/c1-4-33(41,22-14-16-43-17-15-22)24-18-27-31(28(37)19-24)34(42-3,23-8-12-26(36)13-9-23)38(32(27)40)29(20-30(39)44-5-2)21-6-10-25(35)11-7-21/h6-13,18-19,22,29,41H,4-5,14-17,20H2,1-3H3/t29-,33?,34+/m0/s1. The predicted molar refractivity (Wildman–Crippen MR) is 165 cm³/mol. The molecule has 1 amide bonds. The zero-order chi connectivity index (χ0) is 31.6. The van der Waals surface area contributed by atoms with Crippen molar-refractivity contribution >= 4 is 35.1 Å². The highest BCUT2D eigenvalue weighted by Gasteiger charge is 2.57. The largest absolute Gasteiger partial charge is 0.466 e. The van der Waals surface area contributed by atoms with Crippen LogP contribution >= 0.6 is 23.2 Å². The number of rotatable bonds is 10. The zero-order valence-electron chi connectivity index (χ0n) is 24.9. The molecule has 2 heterocycles. The van der Waals surface area contributed by atoms with Crippen LogP contribution in [0.2, 0.25) is 10.0 Å². The highest BCUT2D eigenvalue weighted by Crippen LogP contribution is 2.52. The Morgan fingerprint density at radius 1 is 1.09 bits per heavy atom. The van der Waals surface area contributed by atoms with Crippen LogP contribution < -0.4 is 0 Å². The van der Waals surface area contributed by atoms with Gasteiger partial charge in [0.2, 0.25) is 0 Å². The van der Waals surface area contributed by atoms with Crippen molar-refractivity contribution in [1.29, 1.82) is 0 Å². The number of esters is 1. The fraction of sp³-hybridized carbons (Fsp3) is 0.412. The van der Waals surface area contributed by atoms with Gasteiger partial charge in [0.15, 0.2) is 5.72 Å². The van der Waals surface area contributed by atoms with E-state index in [2.05, 4.69) is 0 Å². The number of nitrogens with zero attached hydrogens (tertiary/aromatic N) is 1. The molecule has 44 heavy (non-hydrogen) atoms. The van der Waals surface area contributed by atoms with E-state index in [-0.39, 0.29) is 30.1 Å². The molecular formula is C34H36Cl2FNO6. The fourth-order valence-corrected chi connectivity index (χ4v) is 6.98. The number of ether oxygens (including phenoxy) is 3. The Kier molecular flexibility index (Phi) is 9.68. The molecule has 1 unspecified atom stereocenters. The van der Waals surface area contributed by atoms with Gasteiger partial charge in [0.05, 0.1) is 35.8 Å². The molecule has 0 radical (unpaired) electrons. The number of carbonyl (C=O) groups excluding carboxylic acids is 2. The number of fused-ring (bicyclic) bond motifs is 1. The second-order valence-corrected chi connectivity index (χ2v) is 12.0. The molecule has 234 valence electrons. The Balaban J connectivity index is 1.76. The zero-order valence-corrected chi connectivity index (χ0v) is 26.5. The third-order valence-corrected chi connectivity index (χ3v) is 9.42. The van der Waals surface area contributed by atoms with Crippen molar-refractivity contribution in [3.63, 3.8) is 0 Å². The second kappa shape index (κ2) is 13.2. The maximum absolute atomic E-state index is 16.8. The first-order valence-electron chi connectivity index (χ1n) is 14.8. The first kappa shape index (κ1) is 32.4. The monoisotopic (exact) mass is 643 g/mol. The number of hydrogen-bond acceptors (Lipinski definition) is 6. The number of benzene rings is 3. The molecular weight excluding hydrogens is 608 g/mol. The number of amides is 1. The Bertz CT molecular complexity index is 1510. The number of hydrogen-bond donors (Lipinski definition) is 1. The minimum atomic E-state index is -1.79. The van der Waals surface area contributed by atoms with Crippen LogP contribution in [0.5, 0.6) is 0 Å². The minimum absolute atomic E-state index is 0.00988. The normalized spacial score (nSPS) is 20.7. The number of methoxy groups -OCH3 is 1. The molecule has 0 spiro atoms. The first-order chi connectivity index (χ1) is 21.1. The predicted octanol–water partition coefficient (Wildman–Crippen LogP) is 7.15. The van der Waals surface area contributed by atoms with Crippen molar-refractivity contribution in [3.05, 3.63) is 104 Å². The molecule has 0 aromatic heterocycles. The summed E-state index contributed by atoms with van der Waals surface area (Å²) in [5, 5.41) is 12.9. The van der Waals surface area contributed by atoms with E-state index < -0.39 is 35.1 Å². The van der Waals surface area contributed by atoms with Gasteiger partial charge < -0.3 is 19.3 Å². The van der Waals surface area contributed by atoms with E-state index in [0.717, 1.165) is 0 Å². The molecule has 0 aliphatic carbocycles. The van der Waals surface area contributed by atoms with Gasteiger partial charge in [-0.25, -0.2) is 4.39 Å². The van der Waals surface area contributed by atoms with Crippen LogP contribution in [-0.4, -0.2) is 48.8 Å². The van der Waals surface area contributed by atoms with Gasteiger partial charge >= 0.3 is 5.97 Å². The topological polar surface area (TPSA) is 85.3 Å². The van der Waals surface area contributed by atoms with Gasteiger partial charge in [-0.3, -0.25) is 14.5 Å². The molecule has 3 aromatic rings. The van der Waals surface area contributed by atoms with Crippen LogP contribution in [-0.2, 0) is 30.3 Å². The van der Waals surface area contributed by atoms with Crippen LogP contribution in [0.3, 0.4) is 0 Å². The highest BCUT2D eigenvalue weighted by molar-refractivity contribution is 6.30. The van der Waals surface area contributed by atoms with E-state index in [4.69, 9.17) is 37.4 Å². The van der Waals surface area contributed by atoms with Crippen LogP contribution in [0.15, 0.2) is 60.7 Å². The Morgan fingerprint density at radius 2 is 1.70 bits per heavy atom. The van der Waals surface area contributed by atoms with Gasteiger partial charge in [-0.15, -0.1) is 0 Å². The maximum atomic E-state index is 16.8. The minimum Gasteiger partial charge on any atom is -0.466 e. The Labute approximate surface area is 266 Å². The van der Waals surface area contributed by atoms with Gasteiger partial charge in [-0.05, 0) is 79.6 Å². The molecule has 0 bridgehead atoms. The molecule has 0 saturated carbocycles. The molecule has 3 aromatic carbocycles. The van der Waals surface area contributed by atoms with E-state index in [1.165, 1.54) is 18.1 Å². The lowest BCUT2D eigenvalue weighted by atomic mass is 9.74. The summed E-state index contributed by atoms with van der Waals surface area (Å²) in [4.78, 5) is 29.1. The van der Waals surface area contributed by atoms with Crippen LogP contribution in [0.1, 0.15) is 78.2 Å². The summed E-state index contributed by atoms with van der Waals surface area (Å²) in [5.74, 6) is -2.00. The lowest BCUT2D eigenvalue weighted by Crippen LogP contribution is -2.49. The molecule has 7 nitrogen and oxygen atoms in total. The summed E-state index contributed by atoms with van der Waals surface area (Å²) in [7, 11) is 1.39. The van der Waals surface area contributed by atoms with Gasteiger partial charge in [0.25, 0.3) is 5.91 Å². The fourth-order valence-electron chi connectivity index (χ4n) is 6.73. The van der Waals surface area contributed by atoms with Crippen molar-refractivity contribution in [3.8, 4) is 0 Å². The van der Waals surface area contributed by atoms with E-state index >= 15 is 4.39 Å². The van der Waals surface area contributed by atoms with Crippen molar-refractivity contribution in [1.82, 2.24) is 4.90 Å². The average molecular weight is 645 g/mol. The van der Waals surface area contributed by atoms with Gasteiger partial charge in [0.1, 0.15) is 5.82 Å². The third-order valence-electron chi connectivity index (χ3n) is 8.92. The Morgan fingerprint density at radius 3 is 2.27 bits per heavy atom. The van der Waals surface area contributed by atoms with Crippen molar-refractivity contribution in [2.45, 2.75) is 56.9 Å². The van der Waals surface area contributed by atoms with E-state index in [1.807, 2.05) is 6.92 Å². The molecule has 10 heteroatoms. The third kappa shape index (κ3) is 5.63. The molecule has 5 rings (SSSR count). The quantitative estimate of drug-likeness (QED) is 0.236. The van der Waals surface area contributed by atoms with Gasteiger partial charge in [0, 0.05) is 35.9 Å². The maximum Gasteiger partial charge on any atom is 0.308 e. The van der Waals surface area contributed by atoms with Gasteiger partial charge in [-0.1, -0.05) is 54.4 Å². The molecule has 2 aliphatic heterocycles. The van der Waals surface area contributed by atoms with Crippen LogP contribution in [0, 0.1) is 11.7 Å². The lowest BCUT2D eigenvalue weighted by molar-refractivity contribution is -0.148. The number of halogens is 3. The van der Waals surface area contributed by atoms with Crippen LogP contribution in [0.4, 0.5) is 4.39 Å². The van der Waals surface area contributed by atoms with Crippen molar-refractivity contribution < 1.29 is 33.3 Å². The summed E-state index contributed by atoms with van der Waals surface area (Å²) in [6.07, 6.45) is 1.29. The van der Waals surface area contributed by atoms with E-state index in [1.54, 1.807) is 61.5 Å². The molecule has 1 fully saturated rings.